The van der Waals surface area contributed by atoms with Crippen LogP contribution in [0.3, 0.4) is 0 Å². The van der Waals surface area contributed by atoms with E-state index >= 15 is 0 Å². The maximum Gasteiger partial charge on any atom is 0.262 e. The van der Waals surface area contributed by atoms with Gasteiger partial charge in [-0.3, -0.25) is 9.59 Å². The second kappa shape index (κ2) is 7.22. The highest BCUT2D eigenvalue weighted by atomic mass is 32.2. The van der Waals surface area contributed by atoms with E-state index in [9.17, 15) is 18.0 Å². The molecule has 1 atom stereocenters. The number of piperazine rings is 1. The maximum absolute atomic E-state index is 12.9. The van der Waals surface area contributed by atoms with Gasteiger partial charge in [-0.25, -0.2) is 8.42 Å². The lowest BCUT2D eigenvalue weighted by Gasteiger charge is -2.34. The molecule has 0 bridgehead atoms. The van der Waals surface area contributed by atoms with E-state index in [4.69, 9.17) is 10.5 Å². The first kappa shape index (κ1) is 18.6. The lowest BCUT2D eigenvalue weighted by Crippen LogP contribution is -2.51. The number of nitrogens with two attached hydrogens (primary N) is 1. The van der Waals surface area contributed by atoms with Gasteiger partial charge in [-0.1, -0.05) is 0 Å². The van der Waals surface area contributed by atoms with E-state index in [1.807, 2.05) is 0 Å². The molecule has 1 unspecified atom stereocenters. The summed E-state index contributed by atoms with van der Waals surface area (Å²) in [5.41, 5.74) is 5.98. The Labute approximate surface area is 152 Å². The van der Waals surface area contributed by atoms with E-state index < -0.39 is 10.0 Å². The van der Waals surface area contributed by atoms with E-state index in [1.54, 1.807) is 11.8 Å². The standard InChI is InChI=1S/C16H22N4O5S/c1-11(17)8-16(22)19-4-6-20(7-5-19)26(23,24)12-2-3-14-13(9-12)18-15(21)10-25-14/h2-3,9,11H,4-8,10,17H2,1H3,(H,18,21). The summed E-state index contributed by atoms with van der Waals surface area (Å²) in [4.78, 5) is 25.2. The van der Waals surface area contributed by atoms with Crippen molar-refractivity contribution in [3.63, 3.8) is 0 Å². The summed E-state index contributed by atoms with van der Waals surface area (Å²) in [5, 5.41) is 2.60. The molecule has 2 amide bonds. The van der Waals surface area contributed by atoms with E-state index in [2.05, 4.69) is 5.32 Å². The fourth-order valence-corrected chi connectivity index (χ4v) is 4.40. The minimum absolute atomic E-state index is 0.0642. The number of anilines is 1. The highest BCUT2D eigenvalue weighted by Crippen LogP contribution is 2.31. The fourth-order valence-electron chi connectivity index (χ4n) is 2.95. The Morgan fingerprint density at radius 1 is 1.31 bits per heavy atom. The number of ether oxygens (including phenoxy) is 1. The maximum atomic E-state index is 12.9. The summed E-state index contributed by atoms with van der Waals surface area (Å²) in [7, 11) is -3.72. The number of nitrogens with one attached hydrogen (secondary N) is 1. The Kier molecular flexibility index (Phi) is 5.17. The molecule has 1 aromatic carbocycles. The molecule has 2 heterocycles. The normalized spacial score (nSPS) is 19.3. The Hall–Kier alpha value is -2.17. The Balaban J connectivity index is 1.71. The smallest absolute Gasteiger partial charge is 0.262 e. The molecule has 2 aliphatic rings. The molecule has 1 saturated heterocycles. The van der Waals surface area contributed by atoms with E-state index in [-0.39, 0.29) is 48.9 Å². The van der Waals surface area contributed by atoms with Crippen LogP contribution in [0.4, 0.5) is 5.69 Å². The predicted octanol–water partition coefficient (Wildman–Crippen LogP) is -0.412. The lowest BCUT2D eigenvalue weighted by atomic mass is 10.2. The number of benzene rings is 1. The average Bonchev–Trinajstić information content (AvgIpc) is 2.60. The third-order valence-corrected chi connectivity index (χ3v) is 6.20. The van der Waals surface area contributed by atoms with Crippen LogP contribution < -0.4 is 15.8 Å². The second-order valence-corrected chi connectivity index (χ2v) is 8.40. The molecule has 0 saturated carbocycles. The number of carbonyl (C=O) groups excluding carboxylic acids is 2. The van der Waals surface area contributed by atoms with Crippen LogP contribution in [0.15, 0.2) is 23.1 Å². The zero-order valence-electron chi connectivity index (χ0n) is 14.5. The zero-order chi connectivity index (χ0) is 18.9. The molecule has 1 fully saturated rings. The topological polar surface area (TPSA) is 122 Å². The number of rotatable bonds is 4. The SMILES string of the molecule is CC(N)CC(=O)N1CCN(S(=O)(=O)c2ccc3c(c2)NC(=O)CO3)CC1. The van der Waals surface area contributed by atoms with Gasteiger partial charge in [0.25, 0.3) is 5.91 Å². The first-order valence-corrected chi connectivity index (χ1v) is 9.81. The molecular formula is C16H22N4O5S. The van der Waals surface area contributed by atoms with Gasteiger partial charge < -0.3 is 20.7 Å². The van der Waals surface area contributed by atoms with Crippen molar-refractivity contribution < 1.29 is 22.7 Å². The molecule has 2 aliphatic heterocycles. The molecule has 0 spiro atoms. The molecule has 0 aromatic heterocycles. The first-order chi connectivity index (χ1) is 12.3. The summed E-state index contributed by atoms with van der Waals surface area (Å²) < 4.78 is 32.3. The molecular weight excluding hydrogens is 360 g/mol. The van der Waals surface area contributed by atoms with Crippen molar-refractivity contribution in [3.8, 4) is 5.75 Å². The molecule has 0 aliphatic carbocycles. The molecule has 0 radical (unpaired) electrons. The van der Waals surface area contributed by atoms with E-state index in [0.717, 1.165) is 0 Å². The van der Waals surface area contributed by atoms with Gasteiger partial charge in [0.15, 0.2) is 6.61 Å². The summed E-state index contributed by atoms with van der Waals surface area (Å²) >= 11 is 0. The van der Waals surface area contributed by atoms with Crippen LogP contribution in [0.1, 0.15) is 13.3 Å². The monoisotopic (exact) mass is 382 g/mol. The minimum atomic E-state index is -3.72. The number of carbonyl (C=O) groups is 2. The van der Waals surface area contributed by atoms with Crippen LogP contribution in [0.5, 0.6) is 5.75 Å². The molecule has 1 aromatic rings. The first-order valence-electron chi connectivity index (χ1n) is 8.37. The average molecular weight is 382 g/mol. The molecule has 10 heteroatoms. The Morgan fingerprint density at radius 2 is 2.00 bits per heavy atom. The molecule has 3 rings (SSSR count). The van der Waals surface area contributed by atoms with Crippen LogP contribution in [0.25, 0.3) is 0 Å². The number of fused-ring (bicyclic) bond motifs is 1. The summed E-state index contributed by atoms with van der Waals surface area (Å²) in [6.07, 6.45) is 0.247. The lowest BCUT2D eigenvalue weighted by molar-refractivity contribution is -0.132. The van der Waals surface area contributed by atoms with Crippen molar-refractivity contribution >= 4 is 27.5 Å². The summed E-state index contributed by atoms with van der Waals surface area (Å²) in [6.45, 7) is 2.76. The number of sulfonamides is 1. The van der Waals surface area contributed by atoms with Gasteiger partial charge in [0.1, 0.15) is 5.75 Å². The molecule has 142 valence electrons. The van der Waals surface area contributed by atoms with E-state index in [0.29, 0.717) is 24.5 Å². The number of amides is 2. The van der Waals surface area contributed by atoms with Gasteiger partial charge in [-0.15, -0.1) is 0 Å². The predicted molar refractivity (Wildman–Crippen MR) is 94.2 cm³/mol. The van der Waals surface area contributed by atoms with Crippen molar-refractivity contribution in [2.45, 2.75) is 24.3 Å². The van der Waals surface area contributed by atoms with Crippen LogP contribution in [0.2, 0.25) is 0 Å². The van der Waals surface area contributed by atoms with Crippen molar-refractivity contribution in [1.29, 1.82) is 0 Å². The Morgan fingerprint density at radius 3 is 2.65 bits per heavy atom. The quantitative estimate of drug-likeness (QED) is 0.730. The highest BCUT2D eigenvalue weighted by molar-refractivity contribution is 7.89. The summed E-state index contributed by atoms with van der Waals surface area (Å²) in [5.74, 6) is 0.0499. The molecule has 26 heavy (non-hydrogen) atoms. The van der Waals surface area contributed by atoms with Gasteiger partial charge in [0, 0.05) is 38.6 Å². The Bertz CT molecular complexity index is 816. The van der Waals surface area contributed by atoms with Crippen LogP contribution in [0, 0.1) is 0 Å². The van der Waals surface area contributed by atoms with Crippen LogP contribution in [-0.4, -0.2) is 68.3 Å². The van der Waals surface area contributed by atoms with E-state index in [1.165, 1.54) is 22.5 Å². The molecule has 9 nitrogen and oxygen atoms in total. The van der Waals surface area contributed by atoms with Gasteiger partial charge in [-0.2, -0.15) is 4.31 Å². The van der Waals surface area contributed by atoms with Crippen molar-refractivity contribution in [1.82, 2.24) is 9.21 Å². The summed E-state index contributed by atoms with van der Waals surface area (Å²) in [6, 6.07) is 4.16. The van der Waals surface area contributed by atoms with Crippen LogP contribution >= 0.6 is 0 Å². The van der Waals surface area contributed by atoms with Crippen molar-refractivity contribution in [3.05, 3.63) is 18.2 Å². The number of nitrogens with zero attached hydrogens (tertiary/aromatic N) is 2. The van der Waals surface area contributed by atoms with Gasteiger partial charge >= 0.3 is 0 Å². The van der Waals surface area contributed by atoms with Crippen molar-refractivity contribution in [2.24, 2.45) is 5.73 Å². The highest BCUT2D eigenvalue weighted by Gasteiger charge is 2.31. The third kappa shape index (κ3) is 3.81. The number of hydrogen-bond donors (Lipinski definition) is 2. The minimum Gasteiger partial charge on any atom is -0.482 e. The molecule has 3 N–H and O–H groups in total. The second-order valence-electron chi connectivity index (χ2n) is 6.46. The number of hydrogen-bond acceptors (Lipinski definition) is 6. The van der Waals surface area contributed by atoms with Gasteiger partial charge in [0.2, 0.25) is 15.9 Å². The van der Waals surface area contributed by atoms with Crippen molar-refractivity contribution in [2.75, 3.05) is 38.1 Å². The van der Waals surface area contributed by atoms with Gasteiger partial charge in [0.05, 0.1) is 10.6 Å². The van der Waals surface area contributed by atoms with Gasteiger partial charge in [-0.05, 0) is 25.1 Å². The largest absolute Gasteiger partial charge is 0.482 e. The third-order valence-electron chi connectivity index (χ3n) is 4.31. The zero-order valence-corrected chi connectivity index (χ0v) is 15.3. The fraction of sp³-hybridized carbons (Fsp3) is 0.500. The van der Waals surface area contributed by atoms with Crippen LogP contribution in [-0.2, 0) is 19.6 Å².